The first-order chi connectivity index (χ1) is 8.56. The molecule has 100 valence electrons. The van der Waals surface area contributed by atoms with E-state index in [1.54, 1.807) is 12.2 Å². The minimum Gasteiger partial charge on any atom is -0.481 e. The Hall–Kier alpha value is -1.52. The molecule has 2 rings (SSSR count). The number of piperidine rings is 1. The summed E-state index contributed by atoms with van der Waals surface area (Å²) >= 11 is 0. The SMILES string of the molecule is CC1CCCN(C(=O)NC2C=CC(C(=O)O)C2)C1. The number of urea groups is 1. The van der Waals surface area contributed by atoms with Crippen LogP contribution in [0.1, 0.15) is 26.2 Å². The van der Waals surface area contributed by atoms with Gasteiger partial charge in [-0.15, -0.1) is 0 Å². The zero-order valence-corrected chi connectivity index (χ0v) is 10.6. The van der Waals surface area contributed by atoms with Crippen LogP contribution in [0.2, 0.25) is 0 Å². The number of carbonyl (C=O) groups is 2. The van der Waals surface area contributed by atoms with Gasteiger partial charge in [0.1, 0.15) is 0 Å². The Kier molecular flexibility index (Phi) is 3.89. The van der Waals surface area contributed by atoms with Crippen LogP contribution in [0.15, 0.2) is 12.2 Å². The summed E-state index contributed by atoms with van der Waals surface area (Å²) in [5, 5.41) is 11.8. The molecule has 2 amide bonds. The number of nitrogens with one attached hydrogen (secondary N) is 1. The number of carboxylic acid groups (broad SMARTS) is 1. The molecule has 2 N–H and O–H groups in total. The summed E-state index contributed by atoms with van der Waals surface area (Å²) in [7, 11) is 0. The van der Waals surface area contributed by atoms with Crippen molar-refractivity contribution in [3.8, 4) is 0 Å². The quantitative estimate of drug-likeness (QED) is 0.731. The number of carbonyl (C=O) groups excluding carboxylic acids is 1. The van der Waals surface area contributed by atoms with E-state index < -0.39 is 11.9 Å². The van der Waals surface area contributed by atoms with Crippen molar-refractivity contribution < 1.29 is 14.7 Å². The number of amides is 2. The fourth-order valence-electron chi connectivity index (χ4n) is 2.61. The van der Waals surface area contributed by atoms with Crippen molar-refractivity contribution >= 4 is 12.0 Å². The van der Waals surface area contributed by atoms with Gasteiger partial charge in [0.25, 0.3) is 0 Å². The lowest BCUT2D eigenvalue weighted by atomic mass is 10.0. The molecule has 0 radical (unpaired) electrons. The maximum atomic E-state index is 12.0. The Morgan fingerprint density at radius 1 is 1.39 bits per heavy atom. The van der Waals surface area contributed by atoms with E-state index in [1.807, 2.05) is 4.90 Å². The lowest BCUT2D eigenvalue weighted by molar-refractivity contribution is -0.140. The molecule has 0 aromatic heterocycles. The summed E-state index contributed by atoms with van der Waals surface area (Å²) in [6.45, 7) is 3.75. The molecule has 0 saturated carbocycles. The maximum Gasteiger partial charge on any atom is 0.317 e. The third-order valence-corrected chi connectivity index (χ3v) is 3.65. The van der Waals surface area contributed by atoms with Crippen molar-refractivity contribution in [1.29, 1.82) is 0 Å². The smallest absolute Gasteiger partial charge is 0.317 e. The molecule has 5 nitrogen and oxygen atoms in total. The van der Waals surface area contributed by atoms with Crippen LogP contribution in [-0.4, -0.2) is 41.1 Å². The normalized spacial score (nSPS) is 31.4. The van der Waals surface area contributed by atoms with E-state index in [-0.39, 0.29) is 12.1 Å². The highest BCUT2D eigenvalue weighted by Crippen LogP contribution is 2.19. The minimum absolute atomic E-state index is 0.0674. The maximum absolute atomic E-state index is 12.0. The van der Waals surface area contributed by atoms with Crippen molar-refractivity contribution in [1.82, 2.24) is 10.2 Å². The Morgan fingerprint density at radius 3 is 2.78 bits per heavy atom. The summed E-state index contributed by atoms with van der Waals surface area (Å²) in [6.07, 6.45) is 6.13. The van der Waals surface area contributed by atoms with Crippen LogP contribution in [0.5, 0.6) is 0 Å². The first kappa shape index (κ1) is 12.9. The molecule has 0 aromatic rings. The van der Waals surface area contributed by atoms with Crippen LogP contribution in [0, 0.1) is 11.8 Å². The van der Waals surface area contributed by atoms with Gasteiger partial charge in [-0.05, 0) is 25.2 Å². The summed E-state index contributed by atoms with van der Waals surface area (Å²) < 4.78 is 0. The topological polar surface area (TPSA) is 69.6 Å². The van der Waals surface area contributed by atoms with E-state index in [0.29, 0.717) is 12.3 Å². The van der Waals surface area contributed by atoms with E-state index in [1.165, 1.54) is 6.42 Å². The molecule has 18 heavy (non-hydrogen) atoms. The van der Waals surface area contributed by atoms with Gasteiger partial charge in [-0.1, -0.05) is 19.1 Å². The van der Waals surface area contributed by atoms with Crippen LogP contribution < -0.4 is 5.32 Å². The lowest BCUT2D eigenvalue weighted by Crippen LogP contribution is -2.47. The summed E-state index contributed by atoms with van der Waals surface area (Å²) in [6, 6.07) is -0.210. The van der Waals surface area contributed by atoms with Gasteiger partial charge in [0.2, 0.25) is 0 Å². The fourth-order valence-corrected chi connectivity index (χ4v) is 2.61. The highest BCUT2D eigenvalue weighted by molar-refractivity contribution is 5.76. The molecule has 1 aliphatic carbocycles. The number of aliphatic carboxylic acids is 1. The van der Waals surface area contributed by atoms with Crippen molar-refractivity contribution in [2.24, 2.45) is 11.8 Å². The average molecular weight is 252 g/mol. The molecule has 5 heteroatoms. The van der Waals surface area contributed by atoms with Gasteiger partial charge >= 0.3 is 12.0 Å². The van der Waals surface area contributed by atoms with Gasteiger partial charge in [0.05, 0.1) is 12.0 Å². The van der Waals surface area contributed by atoms with Gasteiger partial charge in [0.15, 0.2) is 0 Å². The zero-order chi connectivity index (χ0) is 13.1. The number of nitrogens with zero attached hydrogens (tertiary/aromatic N) is 1. The third-order valence-electron chi connectivity index (χ3n) is 3.65. The molecular weight excluding hydrogens is 232 g/mol. The first-order valence-electron chi connectivity index (χ1n) is 6.53. The highest BCUT2D eigenvalue weighted by Gasteiger charge is 2.27. The monoisotopic (exact) mass is 252 g/mol. The summed E-state index contributed by atoms with van der Waals surface area (Å²) in [5.41, 5.74) is 0. The standard InChI is InChI=1S/C13H20N2O3/c1-9-3-2-6-15(8-9)13(18)14-11-5-4-10(7-11)12(16)17/h4-5,9-11H,2-3,6-8H2,1H3,(H,14,18)(H,16,17). The van der Waals surface area contributed by atoms with Gasteiger partial charge in [-0.25, -0.2) is 4.79 Å². The largest absolute Gasteiger partial charge is 0.481 e. The molecule has 1 fully saturated rings. The number of hydrogen-bond acceptors (Lipinski definition) is 2. The van der Waals surface area contributed by atoms with Crippen molar-refractivity contribution in [3.05, 3.63) is 12.2 Å². The van der Waals surface area contributed by atoms with Crippen molar-refractivity contribution in [2.75, 3.05) is 13.1 Å². The molecule has 1 aliphatic heterocycles. The van der Waals surface area contributed by atoms with E-state index in [4.69, 9.17) is 5.11 Å². The van der Waals surface area contributed by atoms with Crippen LogP contribution >= 0.6 is 0 Å². The second kappa shape index (κ2) is 5.42. The van der Waals surface area contributed by atoms with Gasteiger partial charge in [-0.3, -0.25) is 4.79 Å². The molecule has 3 atom stereocenters. The molecule has 1 saturated heterocycles. The Balaban J connectivity index is 1.82. The molecular formula is C13H20N2O3. The van der Waals surface area contributed by atoms with Crippen LogP contribution in [0.25, 0.3) is 0 Å². The number of likely N-dealkylation sites (tertiary alicyclic amines) is 1. The van der Waals surface area contributed by atoms with E-state index in [2.05, 4.69) is 12.2 Å². The molecule has 1 heterocycles. The van der Waals surface area contributed by atoms with Crippen LogP contribution in [-0.2, 0) is 4.79 Å². The Morgan fingerprint density at radius 2 is 2.17 bits per heavy atom. The molecule has 3 unspecified atom stereocenters. The third kappa shape index (κ3) is 3.03. The predicted octanol–water partition coefficient (Wildman–Crippen LogP) is 1.46. The number of rotatable bonds is 2. The van der Waals surface area contributed by atoms with Crippen LogP contribution in [0.3, 0.4) is 0 Å². The van der Waals surface area contributed by atoms with E-state index in [9.17, 15) is 9.59 Å². The van der Waals surface area contributed by atoms with E-state index in [0.717, 1.165) is 19.5 Å². The lowest BCUT2D eigenvalue weighted by Gasteiger charge is -2.31. The number of hydrogen-bond donors (Lipinski definition) is 2. The summed E-state index contributed by atoms with van der Waals surface area (Å²) in [4.78, 5) is 24.6. The minimum atomic E-state index is -0.824. The summed E-state index contributed by atoms with van der Waals surface area (Å²) in [5.74, 6) is -0.736. The Bertz CT molecular complexity index is 367. The highest BCUT2D eigenvalue weighted by atomic mass is 16.4. The predicted molar refractivity (Wildman–Crippen MR) is 67.2 cm³/mol. The molecule has 0 aromatic carbocycles. The molecule has 0 bridgehead atoms. The molecule has 2 aliphatic rings. The van der Waals surface area contributed by atoms with Crippen LogP contribution in [0.4, 0.5) is 4.79 Å². The zero-order valence-electron chi connectivity index (χ0n) is 10.6. The second-order valence-corrected chi connectivity index (χ2v) is 5.31. The van der Waals surface area contributed by atoms with Crippen molar-refractivity contribution in [2.45, 2.75) is 32.2 Å². The Labute approximate surface area is 107 Å². The average Bonchev–Trinajstić information content (AvgIpc) is 2.77. The van der Waals surface area contributed by atoms with Crippen molar-refractivity contribution in [3.63, 3.8) is 0 Å². The second-order valence-electron chi connectivity index (χ2n) is 5.31. The van der Waals surface area contributed by atoms with E-state index >= 15 is 0 Å². The first-order valence-corrected chi connectivity index (χ1v) is 6.53. The molecule has 0 spiro atoms. The van der Waals surface area contributed by atoms with Gasteiger partial charge in [-0.2, -0.15) is 0 Å². The van der Waals surface area contributed by atoms with Gasteiger partial charge < -0.3 is 15.3 Å². The fraction of sp³-hybridized carbons (Fsp3) is 0.692. The number of carboxylic acids is 1. The van der Waals surface area contributed by atoms with Gasteiger partial charge in [0, 0.05) is 13.1 Å².